The molecule has 138 valence electrons. The Morgan fingerprint density at radius 1 is 1.19 bits per heavy atom. The molecule has 0 bridgehead atoms. The van der Waals surface area contributed by atoms with Crippen LogP contribution in [0.2, 0.25) is 0 Å². The van der Waals surface area contributed by atoms with Crippen LogP contribution in [0.5, 0.6) is 0 Å². The van der Waals surface area contributed by atoms with E-state index in [1.807, 2.05) is 30.8 Å². The number of methoxy groups -OCH3 is 1. The fourth-order valence-electron chi connectivity index (χ4n) is 2.50. The molecule has 0 heterocycles. The largest absolute Gasteiger partial charge is 0.465 e. The zero-order valence-corrected chi connectivity index (χ0v) is 16.9. The van der Waals surface area contributed by atoms with E-state index >= 15 is 0 Å². The number of thiocarbonyl (C=S) groups is 1. The lowest BCUT2D eigenvalue weighted by Gasteiger charge is -2.14. The van der Waals surface area contributed by atoms with Crippen LogP contribution >= 0.6 is 24.0 Å². The van der Waals surface area contributed by atoms with E-state index in [2.05, 4.69) is 41.8 Å². The van der Waals surface area contributed by atoms with E-state index in [0.29, 0.717) is 10.7 Å². The molecule has 0 atom stereocenters. The highest BCUT2D eigenvalue weighted by Gasteiger charge is 2.12. The van der Waals surface area contributed by atoms with Crippen LogP contribution in [0.15, 0.2) is 42.5 Å². The number of rotatable bonds is 7. The lowest BCUT2D eigenvalue weighted by molar-refractivity contribution is 0.0600. The number of nitrogens with one attached hydrogen (secondary N) is 2. The molecule has 6 heteroatoms. The molecule has 2 aromatic carbocycles. The van der Waals surface area contributed by atoms with Gasteiger partial charge in [0.2, 0.25) is 0 Å². The van der Waals surface area contributed by atoms with Crippen molar-refractivity contribution in [3.63, 3.8) is 0 Å². The van der Waals surface area contributed by atoms with Crippen molar-refractivity contribution in [3.8, 4) is 0 Å². The summed E-state index contributed by atoms with van der Waals surface area (Å²) in [6.07, 6.45) is 0. The molecule has 4 nitrogen and oxygen atoms in total. The van der Waals surface area contributed by atoms with E-state index in [9.17, 15) is 4.79 Å². The lowest BCUT2D eigenvalue weighted by Crippen LogP contribution is -2.30. The van der Waals surface area contributed by atoms with Crippen molar-refractivity contribution >= 4 is 40.7 Å². The number of ether oxygens (including phenoxy) is 1. The lowest BCUT2D eigenvalue weighted by atomic mass is 10.1. The fraction of sp³-hybridized carbons (Fsp3) is 0.300. The minimum absolute atomic E-state index is 0.349. The number of carbonyl (C=O) groups is 1. The van der Waals surface area contributed by atoms with Gasteiger partial charge in [-0.15, -0.1) is 0 Å². The molecule has 2 N–H and O–H groups in total. The van der Waals surface area contributed by atoms with Gasteiger partial charge in [0.15, 0.2) is 5.11 Å². The van der Waals surface area contributed by atoms with Gasteiger partial charge in [0.05, 0.1) is 12.7 Å². The zero-order chi connectivity index (χ0) is 18.9. The molecular formula is C20H24N2O2S2. The minimum atomic E-state index is -0.349. The van der Waals surface area contributed by atoms with E-state index < -0.39 is 0 Å². The third-order valence-electron chi connectivity index (χ3n) is 3.87. The molecule has 0 saturated carbocycles. The van der Waals surface area contributed by atoms with Crippen LogP contribution in [-0.2, 0) is 10.5 Å². The molecule has 0 saturated heterocycles. The molecule has 26 heavy (non-hydrogen) atoms. The van der Waals surface area contributed by atoms with E-state index in [4.69, 9.17) is 17.0 Å². The Morgan fingerprint density at radius 3 is 2.69 bits per heavy atom. The van der Waals surface area contributed by atoms with Gasteiger partial charge < -0.3 is 15.4 Å². The van der Waals surface area contributed by atoms with Crippen molar-refractivity contribution in [1.29, 1.82) is 0 Å². The SMILES string of the molecule is COC(=O)c1cccc(NC(=S)NCCSCc2cccc(C)c2)c1C. The Labute approximate surface area is 164 Å². The van der Waals surface area contributed by atoms with Crippen molar-refractivity contribution < 1.29 is 9.53 Å². The smallest absolute Gasteiger partial charge is 0.338 e. The Bertz CT molecular complexity index is 778. The average Bonchev–Trinajstić information content (AvgIpc) is 2.62. The normalized spacial score (nSPS) is 10.3. The first-order chi connectivity index (χ1) is 12.5. The Balaban J connectivity index is 1.76. The molecule has 0 spiro atoms. The monoisotopic (exact) mass is 388 g/mol. The van der Waals surface area contributed by atoms with E-state index in [1.165, 1.54) is 18.2 Å². The van der Waals surface area contributed by atoms with Crippen LogP contribution in [0.1, 0.15) is 27.0 Å². The second-order valence-corrected chi connectivity index (χ2v) is 7.41. The third-order valence-corrected chi connectivity index (χ3v) is 5.15. The van der Waals surface area contributed by atoms with E-state index in [0.717, 1.165) is 29.3 Å². The van der Waals surface area contributed by atoms with Gasteiger partial charge in [-0.25, -0.2) is 4.79 Å². The third kappa shape index (κ3) is 6.04. The number of hydrogen-bond acceptors (Lipinski definition) is 4. The highest BCUT2D eigenvalue weighted by Crippen LogP contribution is 2.19. The van der Waals surface area contributed by atoms with Crippen molar-refractivity contribution in [3.05, 3.63) is 64.7 Å². The average molecular weight is 389 g/mol. The number of anilines is 1. The van der Waals surface area contributed by atoms with Gasteiger partial charge in [-0.1, -0.05) is 35.9 Å². The van der Waals surface area contributed by atoms with E-state index in [-0.39, 0.29) is 5.97 Å². The molecule has 2 aromatic rings. The van der Waals surface area contributed by atoms with Gasteiger partial charge in [0.25, 0.3) is 0 Å². The van der Waals surface area contributed by atoms with Gasteiger partial charge >= 0.3 is 5.97 Å². The summed E-state index contributed by atoms with van der Waals surface area (Å²) in [5.74, 6) is 1.60. The van der Waals surface area contributed by atoms with Crippen molar-refractivity contribution in [2.75, 3.05) is 24.7 Å². The Morgan fingerprint density at radius 2 is 1.96 bits per heavy atom. The molecule has 0 fully saturated rings. The number of aryl methyl sites for hydroxylation is 1. The van der Waals surface area contributed by atoms with Crippen LogP contribution < -0.4 is 10.6 Å². The second-order valence-electron chi connectivity index (χ2n) is 5.89. The highest BCUT2D eigenvalue weighted by atomic mass is 32.2. The van der Waals surface area contributed by atoms with Crippen LogP contribution in [0.4, 0.5) is 5.69 Å². The van der Waals surface area contributed by atoms with Crippen molar-refractivity contribution in [2.45, 2.75) is 19.6 Å². The predicted molar refractivity (Wildman–Crippen MR) is 114 cm³/mol. The van der Waals surface area contributed by atoms with Gasteiger partial charge in [-0.05, 0) is 49.3 Å². The number of thioether (sulfide) groups is 1. The predicted octanol–water partition coefficient (Wildman–Crippen LogP) is 4.31. The maximum Gasteiger partial charge on any atom is 0.338 e. The first-order valence-corrected chi connectivity index (χ1v) is 9.93. The number of hydrogen-bond donors (Lipinski definition) is 2. The molecule has 0 unspecified atom stereocenters. The van der Waals surface area contributed by atoms with Crippen LogP contribution in [0.3, 0.4) is 0 Å². The second kappa shape index (κ2) is 10.2. The Hall–Kier alpha value is -2.05. The highest BCUT2D eigenvalue weighted by molar-refractivity contribution is 7.98. The van der Waals surface area contributed by atoms with Gasteiger partial charge in [0.1, 0.15) is 0 Å². The Kier molecular flexibility index (Phi) is 7.94. The maximum absolute atomic E-state index is 11.8. The summed E-state index contributed by atoms with van der Waals surface area (Å²) in [5, 5.41) is 6.90. The minimum Gasteiger partial charge on any atom is -0.465 e. The topological polar surface area (TPSA) is 50.4 Å². The summed E-state index contributed by atoms with van der Waals surface area (Å²) in [6, 6.07) is 14.0. The zero-order valence-electron chi connectivity index (χ0n) is 15.3. The molecule has 0 aliphatic rings. The first kappa shape index (κ1) is 20.3. The standard InChI is InChI=1S/C20H24N2O2S2/c1-14-6-4-7-16(12-14)13-26-11-10-21-20(25)22-18-9-5-8-17(15(18)2)19(23)24-3/h4-9,12H,10-11,13H2,1-3H3,(H2,21,22,25). The van der Waals surface area contributed by atoms with Crippen LogP contribution in [0.25, 0.3) is 0 Å². The summed E-state index contributed by atoms with van der Waals surface area (Å²) in [4.78, 5) is 11.8. The van der Waals surface area contributed by atoms with Crippen LogP contribution in [0, 0.1) is 13.8 Å². The first-order valence-electron chi connectivity index (χ1n) is 8.37. The quantitative estimate of drug-likeness (QED) is 0.419. The molecule has 0 radical (unpaired) electrons. The number of esters is 1. The van der Waals surface area contributed by atoms with Gasteiger partial charge in [0, 0.05) is 23.7 Å². The summed E-state index contributed by atoms with van der Waals surface area (Å²) < 4.78 is 4.79. The molecule has 0 aliphatic heterocycles. The maximum atomic E-state index is 11.8. The van der Waals surface area contributed by atoms with Crippen molar-refractivity contribution in [2.24, 2.45) is 0 Å². The molecule has 0 aliphatic carbocycles. The van der Waals surface area contributed by atoms with E-state index in [1.54, 1.807) is 6.07 Å². The number of carbonyl (C=O) groups excluding carboxylic acids is 1. The van der Waals surface area contributed by atoms with Gasteiger partial charge in [-0.2, -0.15) is 11.8 Å². The summed E-state index contributed by atoms with van der Waals surface area (Å²) in [6.45, 7) is 4.75. The summed E-state index contributed by atoms with van der Waals surface area (Å²) in [7, 11) is 1.38. The van der Waals surface area contributed by atoms with Gasteiger partial charge in [-0.3, -0.25) is 0 Å². The fourth-order valence-corrected chi connectivity index (χ4v) is 3.52. The van der Waals surface area contributed by atoms with Crippen molar-refractivity contribution in [1.82, 2.24) is 5.32 Å². The molecule has 0 aromatic heterocycles. The molecular weight excluding hydrogens is 364 g/mol. The van der Waals surface area contributed by atoms with Crippen LogP contribution in [-0.4, -0.2) is 30.5 Å². The summed E-state index contributed by atoms with van der Waals surface area (Å²) >= 11 is 7.21. The number of benzene rings is 2. The summed E-state index contributed by atoms with van der Waals surface area (Å²) in [5.41, 5.74) is 4.78. The molecule has 2 rings (SSSR count). The molecule has 0 amide bonds.